The number of thiocarbonyl (C=S) groups is 1. The van der Waals surface area contributed by atoms with Crippen LogP contribution >= 0.6 is 24.0 Å². The molecule has 10 heteroatoms. The van der Waals surface area contributed by atoms with Crippen LogP contribution in [0.15, 0.2) is 77.1 Å². The second-order valence-electron chi connectivity index (χ2n) is 8.04. The summed E-state index contributed by atoms with van der Waals surface area (Å²) in [6, 6.07) is 13.4. The van der Waals surface area contributed by atoms with Crippen LogP contribution in [0.5, 0.6) is 0 Å². The normalized spacial score (nSPS) is 14.9. The fourth-order valence-corrected chi connectivity index (χ4v) is 5.07. The van der Waals surface area contributed by atoms with Gasteiger partial charge in [0.25, 0.3) is 11.5 Å². The van der Waals surface area contributed by atoms with Gasteiger partial charge < -0.3 is 9.88 Å². The lowest BCUT2D eigenvalue weighted by atomic mass is 10.2. The largest absolute Gasteiger partial charge is 0.368 e. The van der Waals surface area contributed by atoms with Gasteiger partial charge in [-0.25, -0.2) is 9.97 Å². The van der Waals surface area contributed by atoms with Crippen LogP contribution in [-0.2, 0) is 17.9 Å². The number of fused-ring (bicyclic) bond motifs is 1. The molecule has 0 bridgehead atoms. The first-order valence-electron chi connectivity index (χ1n) is 11.0. The Hall–Kier alpha value is -3.76. The molecule has 8 nitrogen and oxygen atoms in total. The van der Waals surface area contributed by atoms with Crippen molar-refractivity contribution in [2.75, 3.05) is 11.9 Å². The van der Waals surface area contributed by atoms with Crippen LogP contribution in [-0.4, -0.2) is 40.6 Å². The number of anilines is 1. The smallest absolute Gasteiger partial charge is 0.267 e. The summed E-state index contributed by atoms with van der Waals surface area (Å²) in [5.74, 6) is 0.208. The predicted octanol–water partition coefficient (Wildman–Crippen LogP) is 3.71. The molecule has 4 heterocycles. The molecule has 0 radical (unpaired) electrons. The van der Waals surface area contributed by atoms with Crippen LogP contribution < -0.4 is 10.9 Å². The maximum Gasteiger partial charge on any atom is 0.267 e. The molecule has 1 saturated heterocycles. The molecule has 0 atom stereocenters. The Kier molecular flexibility index (Phi) is 6.47. The quantitative estimate of drug-likeness (QED) is 0.305. The molecule has 1 N–H and O–H groups in total. The van der Waals surface area contributed by atoms with Crippen LogP contribution in [0.4, 0.5) is 5.82 Å². The summed E-state index contributed by atoms with van der Waals surface area (Å²) in [4.78, 5) is 37.5. The van der Waals surface area contributed by atoms with Crippen molar-refractivity contribution in [2.45, 2.75) is 20.0 Å². The summed E-state index contributed by atoms with van der Waals surface area (Å²) in [6.45, 7) is 3.46. The highest BCUT2D eigenvalue weighted by Crippen LogP contribution is 2.34. The molecule has 1 aromatic carbocycles. The van der Waals surface area contributed by atoms with Crippen molar-refractivity contribution in [3.63, 3.8) is 0 Å². The van der Waals surface area contributed by atoms with Crippen LogP contribution in [0.3, 0.4) is 0 Å². The lowest BCUT2D eigenvalue weighted by Gasteiger charge is -2.14. The Balaban J connectivity index is 1.50. The van der Waals surface area contributed by atoms with Crippen molar-refractivity contribution in [3.8, 4) is 0 Å². The van der Waals surface area contributed by atoms with Crippen molar-refractivity contribution >= 4 is 51.7 Å². The number of pyridine rings is 1. The number of imidazole rings is 1. The van der Waals surface area contributed by atoms with Crippen molar-refractivity contribution in [1.29, 1.82) is 0 Å². The minimum Gasteiger partial charge on any atom is -0.368 e. The van der Waals surface area contributed by atoms with Crippen LogP contribution in [0.1, 0.15) is 16.7 Å². The fourth-order valence-electron chi connectivity index (χ4n) is 3.83. The molecule has 0 unspecified atom stereocenters. The molecule has 0 spiro atoms. The summed E-state index contributed by atoms with van der Waals surface area (Å²) in [5.41, 5.74) is 2.49. The first kappa shape index (κ1) is 23.0. The van der Waals surface area contributed by atoms with E-state index >= 15 is 0 Å². The Morgan fingerprint density at radius 1 is 1.11 bits per heavy atom. The highest BCUT2D eigenvalue weighted by molar-refractivity contribution is 8.26. The van der Waals surface area contributed by atoms with Crippen LogP contribution in [0.2, 0.25) is 0 Å². The number of carbonyl (C=O) groups excluding carboxylic acids is 1. The van der Waals surface area contributed by atoms with Crippen LogP contribution in [0, 0.1) is 6.92 Å². The Morgan fingerprint density at radius 3 is 2.71 bits per heavy atom. The standard InChI is InChI=1S/C25H22N6O2S2/c1-17-6-5-11-30-22(17)28-21(27-10-13-29-12-9-26-16-29)19(23(30)32)14-20-24(33)31(25(34)35-20)15-18-7-3-2-4-8-18/h2-9,11-12,14,16,27H,10,13,15H2,1H3/b20-14-. The van der Waals surface area contributed by atoms with Gasteiger partial charge in [0.2, 0.25) is 0 Å². The molecule has 5 rings (SSSR count). The number of nitrogens with zero attached hydrogens (tertiary/aromatic N) is 5. The third-order valence-corrected chi connectivity index (χ3v) is 7.02. The molecule has 0 saturated carbocycles. The molecular formula is C25H22N6O2S2. The van der Waals surface area contributed by atoms with E-state index in [4.69, 9.17) is 17.2 Å². The van der Waals surface area contributed by atoms with Crippen molar-refractivity contribution < 1.29 is 4.79 Å². The molecule has 35 heavy (non-hydrogen) atoms. The molecule has 3 aromatic heterocycles. The van der Waals surface area contributed by atoms with Crippen molar-refractivity contribution in [1.82, 2.24) is 23.8 Å². The number of benzene rings is 1. The van der Waals surface area contributed by atoms with E-state index in [1.54, 1.807) is 35.8 Å². The summed E-state index contributed by atoms with van der Waals surface area (Å²) >= 11 is 6.69. The number of hydrogen-bond acceptors (Lipinski definition) is 7. The lowest BCUT2D eigenvalue weighted by Crippen LogP contribution is -2.27. The highest BCUT2D eigenvalue weighted by atomic mass is 32.2. The van der Waals surface area contributed by atoms with Gasteiger partial charge in [0, 0.05) is 31.7 Å². The summed E-state index contributed by atoms with van der Waals surface area (Å²) in [5, 5.41) is 3.28. The zero-order valence-electron chi connectivity index (χ0n) is 18.9. The lowest BCUT2D eigenvalue weighted by molar-refractivity contribution is -0.122. The van der Waals surface area contributed by atoms with E-state index in [9.17, 15) is 9.59 Å². The number of aromatic nitrogens is 4. The van der Waals surface area contributed by atoms with Gasteiger partial charge in [-0.2, -0.15) is 0 Å². The van der Waals surface area contributed by atoms with E-state index in [1.807, 2.05) is 54.1 Å². The van der Waals surface area contributed by atoms with Gasteiger partial charge in [0.05, 0.1) is 23.3 Å². The van der Waals surface area contributed by atoms with Gasteiger partial charge in [-0.3, -0.25) is 18.9 Å². The van der Waals surface area contributed by atoms with E-state index in [1.165, 1.54) is 16.2 Å². The minimum atomic E-state index is -0.253. The van der Waals surface area contributed by atoms with E-state index in [0.717, 1.165) is 11.1 Å². The molecular weight excluding hydrogens is 480 g/mol. The topological polar surface area (TPSA) is 84.5 Å². The molecule has 1 aliphatic rings. The maximum atomic E-state index is 13.5. The zero-order valence-corrected chi connectivity index (χ0v) is 20.6. The van der Waals surface area contributed by atoms with Crippen LogP contribution in [0.25, 0.3) is 11.7 Å². The molecule has 1 fully saturated rings. The van der Waals surface area contributed by atoms with Crippen molar-refractivity contribution in [2.24, 2.45) is 0 Å². The number of carbonyl (C=O) groups is 1. The second-order valence-corrected chi connectivity index (χ2v) is 9.72. The third kappa shape index (κ3) is 4.75. The maximum absolute atomic E-state index is 13.5. The monoisotopic (exact) mass is 502 g/mol. The van der Waals surface area contributed by atoms with Gasteiger partial charge in [-0.15, -0.1) is 0 Å². The van der Waals surface area contributed by atoms with E-state index in [0.29, 0.717) is 45.9 Å². The predicted molar refractivity (Wildman–Crippen MR) is 142 cm³/mol. The molecule has 176 valence electrons. The Morgan fingerprint density at radius 2 is 1.94 bits per heavy atom. The van der Waals surface area contributed by atoms with E-state index in [-0.39, 0.29) is 11.5 Å². The number of hydrogen-bond donors (Lipinski definition) is 1. The Labute approximate surface area is 211 Å². The first-order valence-corrected chi connectivity index (χ1v) is 12.2. The van der Waals surface area contributed by atoms with Crippen molar-refractivity contribution in [3.05, 3.63) is 99.3 Å². The molecule has 1 amide bonds. The first-order chi connectivity index (χ1) is 17.0. The number of aryl methyl sites for hydroxylation is 1. The van der Waals surface area contributed by atoms with Gasteiger partial charge >= 0.3 is 0 Å². The van der Waals surface area contributed by atoms with Gasteiger partial charge in [0.1, 0.15) is 15.8 Å². The fraction of sp³-hybridized carbons (Fsp3) is 0.160. The van der Waals surface area contributed by atoms with E-state index < -0.39 is 0 Å². The third-order valence-electron chi connectivity index (χ3n) is 5.64. The Bertz CT molecular complexity index is 1500. The molecule has 1 aliphatic heterocycles. The summed E-state index contributed by atoms with van der Waals surface area (Å²) in [7, 11) is 0. The number of amides is 1. The average molecular weight is 503 g/mol. The number of thioether (sulfide) groups is 1. The van der Waals surface area contributed by atoms with Gasteiger partial charge in [-0.05, 0) is 30.2 Å². The average Bonchev–Trinajstić information content (AvgIpc) is 3.47. The molecule has 4 aromatic rings. The number of nitrogens with one attached hydrogen (secondary N) is 1. The second kappa shape index (κ2) is 9.85. The summed E-state index contributed by atoms with van der Waals surface area (Å²) < 4.78 is 3.90. The molecule has 0 aliphatic carbocycles. The SMILES string of the molecule is Cc1cccn2c(=O)c(/C=C3\SC(=S)N(Cc4ccccc4)C3=O)c(NCCn3ccnc3)nc12. The zero-order chi connectivity index (χ0) is 24.4. The number of rotatable bonds is 7. The minimum absolute atomic E-state index is 0.220. The van der Waals surface area contributed by atoms with Gasteiger partial charge in [-0.1, -0.05) is 60.4 Å². The van der Waals surface area contributed by atoms with E-state index in [2.05, 4.69) is 10.3 Å². The summed E-state index contributed by atoms with van der Waals surface area (Å²) in [6.07, 6.45) is 8.60. The highest BCUT2D eigenvalue weighted by Gasteiger charge is 2.32. The van der Waals surface area contributed by atoms with Gasteiger partial charge in [0.15, 0.2) is 0 Å².